The van der Waals surface area contributed by atoms with E-state index in [1.807, 2.05) is 42.5 Å². The van der Waals surface area contributed by atoms with Crippen LogP contribution in [0.1, 0.15) is 55.1 Å². The average molecular weight is 398 g/mol. The first-order valence-corrected chi connectivity index (χ1v) is 10.2. The summed E-state index contributed by atoms with van der Waals surface area (Å²) in [5, 5.41) is 2.97. The smallest absolute Gasteiger partial charge is 0.251 e. The first kappa shape index (κ1) is 21.2. The van der Waals surface area contributed by atoms with Crippen molar-refractivity contribution in [3.63, 3.8) is 0 Å². The van der Waals surface area contributed by atoms with Crippen molar-refractivity contribution in [2.24, 2.45) is 0 Å². The Hall–Kier alpha value is -2.53. The molecule has 5 nitrogen and oxygen atoms in total. The third kappa shape index (κ3) is 5.73. The molecular formula is C24H31NO4. The fourth-order valence-corrected chi connectivity index (χ4v) is 3.31. The van der Waals surface area contributed by atoms with E-state index in [0.29, 0.717) is 30.2 Å². The number of hydrogen-bond acceptors (Lipinski definition) is 4. The van der Waals surface area contributed by atoms with Gasteiger partial charge in [0.25, 0.3) is 5.91 Å². The van der Waals surface area contributed by atoms with Gasteiger partial charge < -0.3 is 19.5 Å². The Bertz CT molecular complexity index is 818. The Morgan fingerprint density at radius 2 is 1.90 bits per heavy atom. The predicted octanol–water partition coefficient (Wildman–Crippen LogP) is 4.48. The highest BCUT2D eigenvalue weighted by Gasteiger charge is 2.17. The van der Waals surface area contributed by atoms with Gasteiger partial charge in [-0.25, -0.2) is 0 Å². The van der Waals surface area contributed by atoms with E-state index < -0.39 is 0 Å². The van der Waals surface area contributed by atoms with Crippen molar-refractivity contribution in [1.82, 2.24) is 5.32 Å². The lowest BCUT2D eigenvalue weighted by atomic mass is 9.87. The van der Waals surface area contributed by atoms with Crippen LogP contribution in [0.2, 0.25) is 0 Å². The topological polar surface area (TPSA) is 56.8 Å². The maximum atomic E-state index is 12.5. The van der Waals surface area contributed by atoms with Gasteiger partial charge in [-0.05, 0) is 53.6 Å². The summed E-state index contributed by atoms with van der Waals surface area (Å²) in [5.41, 5.74) is 2.88. The van der Waals surface area contributed by atoms with E-state index in [1.165, 1.54) is 5.56 Å². The van der Waals surface area contributed by atoms with Crippen LogP contribution in [0.5, 0.6) is 11.5 Å². The molecule has 5 heteroatoms. The molecule has 2 aromatic rings. The van der Waals surface area contributed by atoms with Gasteiger partial charge in [-0.2, -0.15) is 0 Å². The minimum Gasteiger partial charge on any atom is -0.493 e. The number of ether oxygens (including phenoxy) is 3. The van der Waals surface area contributed by atoms with Crippen molar-refractivity contribution in [2.75, 3.05) is 20.3 Å². The zero-order valence-electron chi connectivity index (χ0n) is 17.8. The summed E-state index contributed by atoms with van der Waals surface area (Å²) in [7, 11) is 1.62. The molecule has 3 rings (SSSR count). The molecule has 0 aliphatic carbocycles. The van der Waals surface area contributed by atoms with Crippen LogP contribution < -0.4 is 14.8 Å². The summed E-state index contributed by atoms with van der Waals surface area (Å²) in [6.07, 6.45) is 2.27. The molecule has 0 aromatic heterocycles. The molecule has 29 heavy (non-hydrogen) atoms. The minimum absolute atomic E-state index is 0.0687. The van der Waals surface area contributed by atoms with Gasteiger partial charge in [0.05, 0.1) is 13.2 Å². The summed E-state index contributed by atoms with van der Waals surface area (Å²) < 4.78 is 16.9. The molecule has 1 unspecified atom stereocenters. The zero-order chi connectivity index (χ0) is 20.9. The molecule has 156 valence electrons. The number of benzene rings is 2. The molecule has 1 aliphatic rings. The molecule has 1 N–H and O–H groups in total. The molecule has 1 atom stereocenters. The van der Waals surface area contributed by atoms with Crippen molar-refractivity contribution < 1.29 is 19.0 Å². The summed E-state index contributed by atoms with van der Waals surface area (Å²) in [6.45, 7) is 8.22. The van der Waals surface area contributed by atoms with Gasteiger partial charge >= 0.3 is 0 Å². The van der Waals surface area contributed by atoms with Gasteiger partial charge in [0.15, 0.2) is 11.5 Å². The molecule has 2 aromatic carbocycles. The highest BCUT2D eigenvalue weighted by Crippen LogP contribution is 2.29. The molecular weight excluding hydrogens is 366 g/mol. The van der Waals surface area contributed by atoms with E-state index in [4.69, 9.17) is 14.2 Å². The number of carbonyl (C=O) groups excluding carboxylic acids is 1. The Labute approximate surface area is 173 Å². The van der Waals surface area contributed by atoms with Gasteiger partial charge in [0, 0.05) is 18.7 Å². The number of nitrogens with one attached hydrogen (secondary N) is 1. The normalized spacial score (nSPS) is 16.5. The second-order valence-electron chi connectivity index (χ2n) is 8.44. The van der Waals surface area contributed by atoms with Crippen LogP contribution in [-0.4, -0.2) is 32.3 Å². The Morgan fingerprint density at radius 1 is 1.14 bits per heavy atom. The first-order valence-electron chi connectivity index (χ1n) is 10.2. The third-order valence-electron chi connectivity index (χ3n) is 5.14. The standard InChI is InChI=1S/C24H31NO4/c1-24(2,3)19-10-8-18(9-11-19)23(26)25-15-17-7-12-21(22(14-17)27-4)29-16-20-6-5-13-28-20/h7-12,14,20H,5-6,13,15-16H2,1-4H3,(H,25,26). The van der Waals surface area contributed by atoms with Crippen LogP contribution in [0.3, 0.4) is 0 Å². The molecule has 0 saturated carbocycles. The lowest BCUT2D eigenvalue weighted by molar-refractivity contribution is 0.0669. The van der Waals surface area contributed by atoms with Gasteiger partial charge in [0.1, 0.15) is 6.61 Å². The fourth-order valence-electron chi connectivity index (χ4n) is 3.31. The highest BCUT2D eigenvalue weighted by molar-refractivity contribution is 5.94. The molecule has 0 bridgehead atoms. The molecule has 0 radical (unpaired) electrons. The largest absolute Gasteiger partial charge is 0.493 e. The zero-order valence-corrected chi connectivity index (χ0v) is 17.8. The average Bonchev–Trinajstić information content (AvgIpc) is 3.23. The molecule has 1 saturated heterocycles. The maximum absolute atomic E-state index is 12.5. The summed E-state index contributed by atoms with van der Waals surface area (Å²) >= 11 is 0. The number of methoxy groups -OCH3 is 1. The second-order valence-corrected chi connectivity index (χ2v) is 8.44. The van der Waals surface area contributed by atoms with Crippen LogP contribution in [0.25, 0.3) is 0 Å². The molecule has 0 spiro atoms. The van der Waals surface area contributed by atoms with Gasteiger partial charge in [-0.1, -0.05) is 39.0 Å². The van der Waals surface area contributed by atoms with E-state index in [-0.39, 0.29) is 17.4 Å². The number of carbonyl (C=O) groups is 1. The van der Waals surface area contributed by atoms with E-state index in [1.54, 1.807) is 7.11 Å². The molecule has 1 amide bonds. The van der Waals surface area contributed by atoms with Crippen molar-refractivity contribution >= 4 is 5.91 Å². The fraction of sp³-hybridized carbons (Fsp3) is 0.458. The number of rotatable bonds is 7. The van der Waals surface area contributed by atoms with E-state index in [9.17, 15) is 4.79 Å². The Balaban J connectivity index is 1.57. The predicted molar refractivity (Wildman–Crippen MR) is 114 cm³/mol. The number of amides is 1. The Kier molecular flexibility index (Phi) is 6.80. The quantitative estimate of drug-likeness (QED) is 0.748. The lowest BCUT2D eigenvalue weighted by Crippen LogP contribution is -2.23. The van der Waals surface area contributed by atoms with E-state index in [0.717, 1.165) is 25.0 Å². The van der Waals surface area contributed by atoms with Gasteiger partial charge in [-0.15, -0.1) is 0 Å². The number of hydrogen-bond donors (Lipinski definition) is 1. The summed E-state index contributed by atoms with van der Waals surface area (Å²) in [5.74, 6) is 1.25. The van der Waals surface area contributed by atoms with Crippen LogP contribution in [0.4, 0.5) is 0 Å². The van der Waals surface area contributed by atoms with Crippen molar-refractivity contribution in [3.8, 4) is 11.5 Å². The van der Waals surface area contributed by atoms with Crippen molar-refractivity contribution in [3.05, 3.63) is 59.2 Å². The molecule has 1 heterocycles. The van der Waals surface area contributed by atoms with Crippen molar-refractivity contribution in [2.45, 2.75) is 51.7 Å². The lowest BCUT2D eigenvalue weighted by Gasteiger charge is -2.19. The van der Waals surface area contributed by atoms with Gasteiger partial charge in [-0.3, -0.25) is 4.79 Å². The third-order valence-corrected chi connectivity index (χ3v) is 5.14. The maximum Gasteiger partial charge on any atom is 0.251 e. The highest BCUT2D eigenvalue weighted by atomic mass is 16.5. The first-order chi connectivity index (χ1) is 13.9. The monoisotopic (exact) mass is 397 g/mol. The van der Waals surface area contributed by atoms with Crippen LogP contribution in [0.15, 0.2) is 42.5 Å². The van der Waals surface area contributed by atoms with Crippen molar-refractivity contribution in [1.29, 1.82) is 0 Å². The molecule has 1 aliphatic heterocycles. The Morgan fingerprint density at radius 3 is 2.52 bits per heavy atom. The SMILES string of the molecule is COc1cc(CNC(=O)c2ccc(C(C)(C)C)cc2)ccc1OCC1CCCO1. The minimum atomic E-state index is -0.0943. The van der Waals surface area contributed by atoms with E-state index >= 15 is 0 Å². The van der Waals surface area contributed by atoms with E-state index in [2.05, 4.69) is 26.1 Å². The second kappa shape index (κ2) is 9.31. The van der Waals surface area contributed by atoms with Crippen LogP contribution >= 0.6 is 0 Å². The van der Waals surface area contributed by atoms with Crippen LogP contribution in [-0.2, 0) is 16.7 Å². The molecule has 1 fully saturated rings. The van der Waals surface area contributed by atoms with Gasteiger partial charge in [0.2, 0.25) is 0 Å². The van der Waals surface area contributed by atoms with Crippen LogP contribution in [0, 0.1) is 0 Å². The summed E-state index contributed by atoms with van der Waals surface area (Å²) in [6, 6.07) is 13.5. The summed E-state index contributed by atoms with van der Waals surface area (Å²) in [4.78, 5) is 12.5.